The molecule has 3 aromatic rings. The van der Waals surface area contributed by atoms with Gasteiger partial charge in [-0.1, -0.05) is 19.1 Å². The number of aliphatic hydroxyl groups is 1. The molecule has 0 bridgehead atoms. The fourth-order valence-corrected chi connectivity index (χ4v) is 5.22. The van der Waals surface area contributed by atoms with E-state index >= 15 is 0 Å². The standard InChI is InChI=1S/C29H37N5O3/c1-7-24(21-8-11-23(12-9-21)37-18-29(4,5)36)33-16-20(3)34(17-19(33)2)26-14-27(35)32(6)25-13-10-22(15-30)31-28(25)26/h8-14,19-20,24,36H,7,16-18H2,1-6H3/t19-,20+,24?/m1/s1. The number of ether oxygens (including phenoxy) is 1. The number of nitrogens with zero attached hydrogens (tertiary/aromatic N) is 5. The minimum absolute atomic E-state index is 0.0883. The second-order valence-corrected chi connectivity index (χ2v) is 10.7. The van der Waals surface area contributed by atoms with Crippen LogP contribution >= 0.6 is 0 Å². The van der Waals surface area contributed by atoms with Crippen molar-refractivity contribution >= 4 is 16.7 Å². The van der Waals surface area contributed by atoms with Crippen LogP contribution in [0, 0.1) is 11.3 Å². The van der Waals surface area contributed by atoms with Crippen LogP contribution in [0.5, 0.6) is 5.75 Å². The first-order valence-electron chi connectivity index (χ1n) is 12.9. The van der Waals surface area contributed by atoms with E-state index in [2.05, 4.69) is 53.8 Å². The van der Waals surface area contributed by atoms with Crippen molar-refractivity contribution in [2.45, 2.75) is 64.8 Å². The Morgan fingerprint density at radius 2 is 1.86 bits per heavy atom. The topological polar surface area (TPSA) is 94.6 Å². The molecule has 8 heteroatoms. The largest absolute Gasteiger partial charge is 0.491 e. The Morgan fingerprint density at radius 1 is 1.16 bits per heavy atom. The Balaban J connectivity index is 1.59. The first-order chi connectivity index (χ1) is 17.5. The minimum Gasteiger partial charge on any atom is -0.491 e. The molecule has 1 unspecified atom stereocenters. The maximum atomic E-state index is 12.8. The van der Waals surface area contributed by atoms with Crippen LogP contribution in [-0.2, 0) is 7.05 Å². The van der Waals surface area contributed by atoms with Crippen LogP contribution in [0.2, 0.25) is 0 Å². The average Bonchev–Trinajstić information content (AvgIpc) is 2.87. The summed E-state index contributed by atoms with van der Waals surface area (Å²) in [5, 5.41) is 19.3. The second-order valence-electron chi connectivity index (χ2n) is 10.7. The van der Waals surface area contributed by atoms with Gasteiger partial charge in [0.1, 0.15) is 29.6 Å². The van der Waals surface area contributed by atoms with E-state index in [1.54, 1.807) is 43.7 Å². The molecule has 1 N–H and O–H groups in total. The molecule has 3 heterocycles. The smallest absolute Gasteiger partial charge is 0.252 e. The highest BCUT2D eigenvalue weighted by Gasteiger charge is 2.34. The van der Waals surface area contributed by atoms with E-state index in [0.717, 1.165) is 36.5 Å². The number of pyridine rings is 2. The lowest BCUT2D eigenvalue weighted by Gasteiger charge is -2.48. The van der Waals surface area contributed by atoms with Crippen molar-refractivity contribution in [3.05, 3.63) is 64.1 Å². The van der Waals surface area contributed by atoms with Gasteiger partial charge in [0.25, 0.3) is 5.56 Å². The SMILES string of the molecule is CCC(c1ccc(OCC(C)(C)O)cc1)N1C[C@H](C)N(c2cc(=O)n(C)c3ccc(C#N)nc23)C[C@H]1C. The molecule has 37 heavy (non-hydrogen) atoms. The van der Waals surface area contributed by atoms with Gasteiger partial charge in [0.05, 0.1) is 16.8 Å². The fourth-order valence-electron chi connectivity index (χ4n) is 5.22. The summed E-state index contributed by atoms with van der Waals surface area (Å²) in [5.74, 6) is 0.744. The van der Waals surface area contributed by atoms with Gasteiger partial charge in [-0.15, -0.1) is 0 Å². The molecule has 0 aliphatic carbocycles. The Morgan fingerprint density at radius 3 is 2.49 bits per heavy atom. The normalized spacial score (nSPS) is 19.6. The second kappa shape index (κ2) is 10.5. The average molecular weight is 504 g/mol. The molecule has 4 rings (SSSR count). The van der Waals surface area contributed by atoms with Crippen molar-refractivity contribution in [3.63, 3.8) is 0 Å². The van der Waals surface area contributed by atoms with E-state index in [9.17, 15) is 15.2 Å². The molecule has 3 atom stereocenters. The third kappa shape index (κ3) is 5.63. The minimum atomic E-state index is -0.879. The summed E-state index contributed by atoms with van der Waals surface area (Å²) in [5.41, 5.74) is 2.79. The zero-order valence-electron chi connectivity index (χ0n) is 22.6. The van der Waals surface area contributed by atoms with Gasteiger partial charge in [-0.25, -0.2) is 4.98 Å². The van der Waals surface area contributed by atoms with Crippen LogP contribution < -0.4 is 15.2 Å². The molecule has 2 aromatic heterocycles. The van der Waals surface area contributed by atoms with Crippen LogP contribution in [0.15, 0.2) is 47.3 Å². The Hall–Kier alpha value is -3.41. The lowest BCUT2D eigenvalue weighted by atomic mass is 9.97. The molecule has 0 radical (unpaired) electrons. The molecule has 1 aliphatic heterocycles. The maximum Gasteiger partial charge on any atom is 0.252 e. The van der Waals surface area contributed by atoms with Gasteiger partial charge in [0.15, 0.2) is 0 Å². The van der Waals surface area contributed by atoms with E-state index in [4.69, 9.17) is 4.74 Å². The van der Waals surface area contributed by atoms with Crippen molar-refractivity contribution in [3.8, 4) is 11.8 Å². The highest BCUT2D eigenvalue weighted by atomic mass is 16.5. The molecule has 1 aliphatic rings. The van der Waals surface area contributed by atoms with E-state index in [1.165, 1.54) is 5.56 Å². The van der Waals surface area contributed by atoms with Crippen molar-refractivity contribution in [1.29, 1.82) is 5.26 Å². The first kappa shape index (κ1) is 26.6. The van der Waals surface area contributed by atoms with Crippen LogP contribution in [0.1, 0.15) is 58.3 Å². The number of hydrogen-bond acceptors (Lipinski definition) is 7. The first-order valence-corrected chi connectivity index (χ1v) is 12.9. The Labute approximate surface area is 218 Å². The van der Waals surface area contributed by atoms with Crippen molar-refractivity contribution in [2.75, 3.05) is 24.6 Å². The molecule has 1 aromatic carbocycles. The zero-order chi connectivity index (χ0) is 26.9. The number of rotatable bonds is 7. The van der Waals surface area contributed by atoms with Gasteiger partial charge in [0.2, 0.25) is 0 Å². The van der Waals surface area contributed by atoms with Crippen molar-refractivity contribution < 1.29 is 9.84 Å². The molecule has 0 spiro atoms. The molecule has 0 saturated carbocycles. The summed E-state index contributed by atoms with van der Waals surface area (Å²) >= 11 is 0. The fraction of sp³-hybridized carbons (Fsp3) is 0.483. The molecular weight excluding hydrogens is 466 g/mol. The highest BCUT2D eigenvalue weighted by Crippen LogP contribution is 2.34. The number of nitriles is 1. The molecular formula is C29H37N5O3. The van der Waals surface area contributed by atoms with Gasteiger partial charge in [-0.2, -0.15) is 5.26 Å². The number of piperazine rings is 1. The van der Waals surface area contributed by atoms with Crippen LogP contribution in [0.25, 0.3) is 11.0 Å². The summed E-state index contributed by atoms with van der Waals surface area (Å²) in [6.07, 6.45) is 0.961. The number of hydrogen-bond donors (Lipinski definition) is 1. The van der Waals surface area contributed by atoms with Gasteiger partial charge < -0.3 is 19.3 Å². The van der Waals surface area contributed by atoms with Gasteiger partial charge >= 0.3 is 0 Å². The summed E-state index contributed by atoms with van der Waals surface area (Å²) in [7, 11) is 1.74. The van der Waals surface area contributed by atoms with Crippen molar-refractivity contribution in [2.24, 2.45) is 7.05 Å². The predicted octanol–water partition coefficient (Wildman–Crippen LogP) is 4.01. The molecule has 196 valence electrons. The lowest BCUT2D eigenvalue weighted by Crippen LogP contribution is -2.57. The zero-order valence-corrected chi connectivity index (χ0v) is 22.6. The van der Waals surface area contributed by atoms with Gasteiger partial charge in [-0.05, 0) is 63.9 Å². The van der Waals surface area contributed by atoms with E-state index in [0.29, 0.717) is 11.2 Å². The van der Waals surface area contributed by atoms with Crippen LogP contribution in [0.3, 0.4) is 0 Å². The molecule has 1 fully saturated rings. The van der Waals surface area contributed by atoms with E-state index < -0.39 is 5.60 Å². The number of aromatic nitrogens is 2. The predicted molar refractivity (Wildman–Crippen MR) is 146 cm³/mol. The Kier molecular flexibility index (Phi) is 7.58. The monoisotopic (exact) mass is 503 g/mol. The van der Waals surface area contributed by atoms with Crippen LogP contribution in [0.4, 0.5) is 5.69 Å². The van der Waals surface area contributed by atoms with E-state index in [1.807, 2.05) is 12.1 Å². The lowest BCUT2D eigenvalue weighted by molar-refractivity contribution is 0.0284. The summed E-state index contributed by atoms with van der Waals surface area (Å²) in [6, 6.07) is 16.0. The van der Waals surface area contributed by atoms with Crippen LogP contribution in [-0.4, -0.2) is 56.9 Å². The number of fused-ring (bicyclic) bond motifs is 1. The third-order valence-electron chi connectivity index (χ3n) is 7.17. The summed E-state index contributed by atoms with van der Waals surface area (Å²) in [4.78, 5) is 22.2. The van der Waals surface area contributed by atoms with Crippen molar-refractivity contribution in [1.82, 2.24) is 14.5 Å². The Bertz CT molecular complexity index is 1350. The van der Waals surface area contributed by atoms with Gasteiger partial charge in [0, 0.05) is 44.3 Å². The number of aryl methyl sites for hydroxylation is 1. The number of benzene rings is 1. The number of anilines is 1. The third-order valence-corrected chi connectivity index (χ3v) is 7.17. The maximum absolute atomic E-state index is 12.8. The summed E-state index contributed by atoms with van der Waals surface area (Å²) in [6.45, 7) is 11.9. The molecule has 8 nitrogen and oxygen atoms in total. The quantitative estimate of drug-likeness (QED) is 0.521. The van der Waals surface area contributed by atoms with Gasteiger partial charge in [-0.3, -0.25) is 9.69 Å². The van der Waals surface area contributed by atoms with E-state index in [-0.39, 0.29) is 30.3 Å². The highest BCUT2D eigenvalue weighted by molar-refractivity contribution is 5.89. The molecule has 1 saturated heterocycles. The summed E-state index contributed by atoms with van der Waals surface area (Å²) < 4.78 is 7.31. The molecule has 0 amide bonds.